The van der Waals surface area contributed by atoms with Crippen LogP contribution in [0.2, 0.25) is 0 Å². The first-order valence-electron chi connectivity index (χ1n) is 9.71. The molecule has 2 aromatic carbocycles. The number of carbonyl (C=O) groups excluding carboxylic acids is 1. The van der Waals surface area contributed by atoms with Crippen molar-refractivity contribution < 1.29 is 22.7 Å². The third-order valence-corrected chi connectivity index (χ3v) is 7.79. The van der Waals surface area contributed by atoms with Crippen LogP contribution in [0.3, 0.4) is 0 Å². The zero-order valence-electron chi connectivity index (χ0n) is 16.9. The third kappa shape index (κ3) is 4.49. The molecule has 0 bridgehead atoms. The summed E-state index contributed by atoms with van der Waals surface area (Å²) >= 11 is 1.32. The van der Waals surface area contributed by atoms with Gasteiger partial charge in [-0.2, -0.15) is 4.31 Å². The molecule has 2 heterocycles. The highest BCUT2D eigenvalue weighted by Crippen LogP contribution is 2.32. The average Bonchev–Trinajstić information content (AvgIpc) is 3.30. The molecular weight excluding hydrogens is 436 g/mol. The van der Waals surface area contributed by atoms with E-state index in [1.807, 2.05) is 41.8 Å². The highest BCUT2D eigenvalue weighted by atomic mass is 32.2. The second kappa shape index (κ2) is 9.19. The molecule has 1 fully saturated rings. The summed E-state index contributed by atoms with van der Waals surface area (Å²) in [6.07, 6.45) is 0. The standard InChI is InChI=1S/C22H22N2O5S2/c1-28-20-8-7-17(31(26,27)24-10-12-29-13-11-24)15-19(20)23-22(25)21-18(9-14-30-21)16-5-3-2-4-6-16/h2-9,14-15H,10-13H2,1H3,(H,23,25). The molecule has 1 amide bonds. The molecule has 31 heavy (non-hydrogen) atoms. The fourth-order valence-electron chi connectivity index (χ4n) is 3.39. The van der Waals surface area contributed by atoms with Gasteiger partial charge in [0.05, 0.1) is 35.8 Å². The molecule has 0 aliphatic carbocycles. The van der Waals surface area contributed by atoms with E-state index in [1.54, 1.807) is 6.07 Å². The Balaban J connectivity index is 1.64. The average molecular weight is 459 g/mol. The topological polar surface area (TPSA) is 84.9 Å². The Morgan fingerprint density at radius 1 is 1.10 bits per heavy atom. The van der Waals surface area contributed by atoms with Gasteiger partial charge in [0.2, 0.25) is 10.0 Å². The quantitative estimate of drug-likeness (QED) is 0.609. The summed E-state index contributed by atoms with van der Waals surface area (Å²) in [5, 5.41) is 4.68. The van der Waals surface area contributed by atoms with Crippen molar-refractivity contribution in [2.45, 2.75) is 4.90 Å². The molecule has 162 valence electrons. The number of thiophene rings is 1. The van der Waals surface area contributed by atoms with E-state index >= 15 is 0 Å². The Kier molecular flexibility index (Phi) is 6.38. The molecule has 1 aliphatic rings. The molecule has 9 heteroatoms. The Labute approximate surface area is 185 Å². The minimum atomic E-state index is -3.70. The van der Waals surface area contributed by atoms with Gasteiger partial charge in [0.15, 0.2) is 0 Å². The van der Waals surface area contributed by atoms with Gasteiger partial charge < -0.3 is 14.8 Å². The first-order chi connectivity index (χ1) is 15.0. The number of nitrogens with one attached hydrogen (secondary N) is 1. The molecule has 0 atom stereocenters. The summed E-state index contributed by atoms with van der Waals surface area (Å²) in [6.45, 7) is 1.32. The lowest BCUT2D eigenvalue weighted by Gasteiger charge is -2.26. The number of amides is 1. The van der Waals surface area contributed by atoms with Gasteiger partial charge in [-0.3, -0.25) is 4.79 Å². The van der Waals surface area contributed by atoms with Crippen LogP contribution in [0, 0.1) is 0 Å². The molecule has 1 saturated heterocycles. The minimum absolute atomic E-state index is 0.0972. The monoisotopic (exact) mass is 458 g/mol. The van der Waals surface area contributed by atoms with Crippen molar-refractivity contribution in [3.8, 4) is 16.9 Å². The number of hydrogen-bond acceptors (Lipinski definition) is 6. The maximum absolute atomic E-state index is 13.1. The number of nitrogens with zero attached hydrogens (tertiary/aromatic N) is 1. The zero-order chi connectivity index (χ0) is 21.8. The van der Waals surface area contributed by atoms with E-state index in [0.717, 1.165) is 11.1 Å². The molecule has 0 spiro atoms. The van der Waals surface area contributed by atoms with E-state index in [2.05, 4.69) is 5.32 Å². The summed E-state index contributed by atoms with van der Waals surface area (Å²) in [6, 6.07) is 16.0. The summed E-state index contributed by atoms with van der Waals surface area (Å²) in [5.41, 5.74) is 2.05. The minimum Gasteiger partial charge on any atom is -0.495 e. The third-order valence-electron chi connectivity index (χ3n) is 4.98. The summed E-state index contributed by atoms with van der Waals surface area (Å²) in [4.78, 5) is 13.7. The van der Waals surface area contributed by atoms with Crippen molar-refractivity contribution in [2.24, 2.45) is 0 Å². The Morgan fingerprint density at radius 3 is 2.55 bits per heavy atom. The zero-order valence-corrected chi connectivity index (χ0v) is 18.5. The number of methoxy groups -OCH3 is 1. The maximum atomic E-state index is 13.1. The van der Waals surface area contributed by atoms with Gasteiger partial charge in [-0.05, 0) is 35.2 Å². The van der Waals surface area contributed by atoms with E-state index in [1.165, 1.54) is 34.9 Å². The van der Waals surface area contributed by atoms with E-state index in [-0.39, 0.29) is 10.8 Å². The summed E-state index contributed by atoms with van der Waals surface area (Å²) in [5.74, 6) is 0.0557. The first kappa shape index (κ1) is 21.5. The number of hydrogen-bond donors (Lipinski definition) is 1. The van der Waals surface area contributed by atoms with Crippen molar-refractivity contribution in [3.63, 3.8) is 0 Å². The van der Waals surface area contributed by atoms with E-state index in [9.17, 15) is 13.2 Å². The van der Waals surface area contributed by atoms with Crippen molar-refractivity contribution in [3.05, 3.63) is 64.9 Å². The van der Waals surface area contributed by atoms with Crippen molar-refractivity contribution in [1.29, 1.82) is 0 Å². The van der Waals surface area contributed by atoms with E-state index < -0.39 is 10.0 Å². The van der Waals surface area contributed by atoms with Crippen LogP contribution in [-0.4, -0.2) is 52.0 Å². The van der Waals surface area contributed by atoms with Gasteiger partial charge in [-0.15, -0.1) is 11.3 Å². The summed E-state index contributed by atoms with van der Waals surface area (Å²) in [7, 11) is -2.23. The van der Waals surface area contributed by atoms with Crippen molar-refractivity contribution in [1.82, 2.24) is 4.31 Å². The predicted molar refractivity (Wildman–Crippen MR) is 120 cm³/mol. The molecule has 1 N–H and O–H groups in total. The Hall–Kier alpha value is -2.72. The fraction of sp³-hybridized carbons (Fsp3) is 0.227. The van der Waals surface area contributed by atoms with Crippen LogP contribution < -0.4 is 10.1 Å². The Bertz CT molecular complexity index is 1170. The second-order valence-electron chi connectivity index (χ2n) is 6.86. The van der Waals surface area contributed by atoms with Crippen LogP contribution in [-0.2, 0) is 14.8 Å². The number of ether oxygens (including phenoxy) is 2. The van der Waals surface area contributed by atoms with Crippen LogP contribution in [0.5, 0.6) is 5.75 Å². The lowest BCUT2D eigenvalue weighted by atomic mass is 10.1. The molecule has 3 aromatic rings. The van der Waals surface area contributed by atoms with Crippen LogP contribution in [0.15, 0.2) is 64.9 Å². The van der Waals surface area contributed by atoms with Gasteiger partial charge in [-0.1, -0.05) is 30.3 Å². The number of sulfonamides is 1. The van der Waals surface area contributed by atoms with Crippen molar-refractivity contribution >= 4 is 33.0 Å². The smallest absolute Gasteiger partial charge is 0.266 e. The van der Waals surface area contributed by atoms with Crippen LogP contribution in [0.4, 0.5) is 5.69 Å². The molecule has 0 unspecified atom stereocenters. The lowest BCUT2D eigenvalue weighted by Crippen LogP contribution is -2.40. The van der Waals surface area contributed by atoms with Gasteiger partial charge in [0.25, 0.3) is 5.91 Å². The second-order valence-corrected chi connectivity index (χ2v) is 9.72. The fourth-order valence-corrected chi connectivity index (χ4v) is 5.64. The van der Waals surface area contributed by atoms with Crippen LogP contribution in [0.25, 0.3) is 11.1 Å². The normalized spacial score (nSPS) is 14.9. The largest absolute Gasteiger partial charge is 0.495 e. The number of morpholine rings is 1. The van der Waals surface area contributed by atoms with Crippen molar-refractivity contribution in [2.75, 3.05) is 38.7 Å². The predicted octanol–water partition coefficient (Wildman–Crippen LogP) is 3.70. The lowest BCUT2D eigenvalue weighted by molar-refractivity contribution is 0.0730. The maximum Gasteiger partial charge on any atom is 0.266 e. The molecular formula is C22H22N2O5S2. The first-order valence-corrected chi connectivity index (χ1v) is 12.0. The van der Waals surface area contributed by atoms with E-state index in [0.29, 0.717) is 42.6 Å². The van der Waals surface area contributed by atoms with Gasteiger partial charge in [-0.25, -0.2) is 8.42 Å². The molecule has 0 saturated carbocycles. The molecule has 1 aliphatic heterocycles. The van der Waals surface area contributed by atoms with Gasteiger partial charge in [0, 0.05) is 18.7 Å². The highest BCUT2D eigenvalue weighted by molar-refractivity contribution is 7.89. The molecule has 1 aromatic heterocycles. The van der Waals surface area contributed by atoms with Gasteiger partial charge >= 0.3 is 0 Å². The number of benzene rings is 2. The Morgan fingerprint density at radius 2 is 1.84 bits per heavy atom. The molecule has 7 nitrogen and oxygen atoms in total. The van der Waals surface area contributed by atoms with E-state index in [4.69, 9.17) is 9.47 Å². The van der Waals surface area contributed by atoms with Gasteiger partial charge in [0.1, 0.15) is 5.75 Å². The molecule has 4 rings (SSSR count). The summed E-state index contributed by atoms with van der Waals surface area (Å²) < 4.78 is 38.0. The highest BCUT2D eigenvalue weighted by Gasteiger charge is 2.27. The van der Waals surface area contributed by atoms with Crippen LogP contribution in [0.1, 0.15) is 9.67 Å². The number of carbonyl (C=O) groups is 1. The SMILES string of the molecule is COc1ccc(S(=O)(=O)N2CCOCC2)cc1NC(=O)c1sccc1-c1ccccc1. The number of rotatable bonds is 6. The molecule has 0 radical (unpaired) electrons. The number of anilines is 1. The van der Waals surface area contributed by atoms with Crippen LogP contribution >= 0.6 is 11.3 Å².